The Bertz CT molecular complexity index is 657. The third-order valence-corrected chi connectivity index (χ3v) is 2.34. The molecular formula is C11H8FN3O2S. The first-order valence-electron chi connectivity index (χ1n) is 4.92. The molecule has 5 nitrogen and oxygen atoms in total. The van der Waals surface area contributed by atoms with Crippen LogP contribution < -0.4 is 5.32 Å². The largest absolute Gasteiger partial charge is 0.478 e. The minimum absolute atomic E-state index is 0.0710. The third kappa shape index (κ3) is 2.69. The fourth-order valence-corrected chi connectivity index (χ4v) is 1.53. The van der Waals surface area contributed by atoms with Crippen molar-refractivity contribution < 1.29 is 14.3 Å². The molecule has 92 valence electrons. The monoisotopic (exact) mass is 265 g/mol. The Morgan fingerprint density at radius 2 is 2.22 bits per heavy atom. The second kappa shape index (κ2) is 4.92. The third-order valence-electron chi connectivity index (χ3n) is 2.13. The molecule has 0 bridgehead atoms. The van der Waals surface area contributed by atoms with Crippen molar-refractivity contribution in [3.05, 3.63) is 46.4 Å². The first-order valence-corrected chi connectivity index (χ1v) is 5.33. The van der Waals surface area contributed by atoms with Crippen LogP contribution in [0.3, 0.4) is 0 Å². The first kappa shape index (κ1) is 12.2. The fourth-order valence-electron chi connectivity index (χ4n) is 1.36. The van der Waals surface area contributed by atoms with E-state index in [1.807, 2.05) is 0 Å². The molecule has 2 aromatic rings. The first-order chi connectivity index (χ1) is 8.56. The van der Waals surface area contributed by atoms with E-state index in [0.29, 0.717) is 5.69 Å². The number of hydrogen-bond donors (Lipinski definition) is 3. The van der Waals surface area contributed by atoms with Gasteiger partial charge < -0.3 is 10.4 Å². The van der Waals surface area contributed by atoms with E-state index >= 15 is 0 Å². The van der Waals surface area contributed by atoms with Crippen LogP contribution in [0.2, 0.25) is 0 Å². The van der Waals surface area contributed by atoms with Gasteiger partial charge in [0.25, 0.3) is 0 Å². The van der Waals surface area contributed by atoms with E-state index in [1.165, 1.54) is 24.3 Å². The van der Waals surface area contributed by atoms with E-state index in [2.05, 4.69) is 15.5 Å². The van der Waals surface area contributed by atoms with Crippen molar-refractivity contribution in [2.75, 3.05) is 5.32 Å². The lowest BCUT2D eigenvalue weighted by molar-refractivity contribution is 0.0697. The summed E-state index contributed by atoms with van der Waals surface area (Å²) in [6.07, 6.45) is 0. The number of rotatable bonds is 3. The summed E-state index contributed by atoms with van der Waals surface area (Å²) < 4.78 is 13.2. The van der Waals surface area contributed by atoms with Gasteiger partial charge in [0, 0.05) is 5.69 Å². The maximum Gasteiger partial charge on any atom is 0.339 e. The smallest absolute Gasteiger partial charge is 0.339 e. The molecule has 7 heteroatoms. The van der Waals surface area contributed by atoms with Gasteiger partial charge in [-0.1, -0.05) is 18.3 Å². The van der Waals surface area contributed by atoms with Crippen molar-refractivity contribution in [1.29, 1.82) is 0 Å². The predicted molar refractivity (Wildman–Crippen MR) is 66.1 cm³/mol. The molecule has 0 atom stereocenters. The second-order valence-electron chi connectivity index (χ2n) is 3.43. The number of nitrogens with zero attached hydrogens (tertiary/aromatic N) is 1. The number of carbonyl (C=O) groups is 1. The van der Waals surface area contributed by atoms with E-state index in [0.717, 1.165) is 0 Å². The predicted octanol–water partition coefficient (Wildman–Crippen LogP) is 2.72. The highest BCUT2D eigenvalue weighted by molar-refractivity contribution is 7.71. The van der Waals surface area contributed by atoms with E-state index in [9.17, 15) is 9.18 Å². The number of aromatic amines is 1. The summed E-state index contributed by atoms with van der Waals surface area (Å²) >= 11 is 4.79. The zero-order valence-corrected chi connectivity index (χ0v) is 9.79. The molecule has 0 unspecified atom stereocenters. The van der Waals surface area contributed by atoms with E-state index < -0.39 is 11.8 Å². The van der Waals surface area contributed by atoms with Gasteiger partial charge in [0.1, 0.15) is 16.0 Å². The van der Waals surface area contributed by atoms with Crippen molar-refractivity contribution >= 4 is 29.7 Å². The summed E-state index contributed by atoms with van der Waals surface area (Å²) in [7, 11) is 0. The number of nitrogens with one attached hydrogen (secondary N) is 2. The quantitative estimate of drug-likeness (QED) is 0.744. The highest BCUT2D eigenvalue weighted by Gasteiger charge is 2.12. The number of carboxylic acids is 1. The molecular weight excluding hydrogens is 257 g/mol. The number of H-pyrrole nitrogens is 1. The lowest BCUT2D eigenvalue weighted by Crippen LogP contribution is -2.06. The average Bonchev–Trinajstić information content (AvgIpc) is 2.31. The van der Waals surface area contributed by atoms with Gasteiger partial charge in [-0.15, -0.1) is 0 Å². The molecule has 1 aromatic heterocycles. The maximum atomic E-state index is 13.0. The van der Waals surface area contributed by atoms with Crippen LogP contribution in [-0.2, 0) is 0 Å². The Kier molecular flexibility index (Phi) is 3.33. The van der Waals surface area contributed by atoms with E-state index in [4.69, 9.17) is 17.3 Å². The molecule has 1 aromatic carbocycles. The van der Waals surface area contributed by atoms with Gasteiger partial charge in [-0.05, 0) is 24.3 Å². The van der Waals surface area contributed by atoms with Crippen LogP contribution in [-0.4, -0.2) is 21.3 Å². The van der Waals surface area contributed by atoms with Crippen molar-refractivity contribution in [3.8, 4) is 0 Å². The van der Waals surface area contributed by atoms with Crippen molar-refractivity contribution in [3.63, 3.8) is 0 Å². The van der Waals surface area contributed by atoms with Crippen molar-refractivity contribution in [1.82, 2.24) is 10.2 Å². The van der Waals surface area contributed by atoms with Crippen LogP contribution in [0.1, 0.15) is 10.4 Å². The fraction of sp³-hybridized carbons (Fsp3) is 0. The standard InChI is InChI=1S/C11H8FN3O2S/c12-6-2-1-3-7(4-6)13-10-8(11(16)17)5-9(18)14-15-10/h1-5H,(H,13,15)(H,14,18)(H,16,17). The van der Waals surface area contributed by atoms with Gasteiger partial charge in [-0.25, -0.2) is 9.18 Å². The lowest BCUT2D eigenvalue weighted by Gasteiger charge is -2.07. The number of hydrogen-bond acceptors (Lipinski definition) is 4. The number of aromatic nitrogens is 2. The summed E-state index contributed by atoms with van der Waals surface area (Å²) in [6, 6.07) is 6.89. The summed E-state index contributed by atoms with van der Waals surface area (Å²) in [6.45, 7) is 0. The molecule has 0 saturated heterocycles. The Morgan fingerprint density at radius 3 is 2.89 bits per heavy atom. The molecule has 0 amide bonds. The van der Waals surface area contributed by atoms with Crippen LogP contribution in [0, 0.1) is 10.5 Å². The normalized spacial score (nSPS) is 10.1. The van der Waals surface area contributed by atoms with Crippen LogP contribution in [0.5, 0.6) is 0 Å². The minimum atomic E-state index is -1.17. The van der Waals surface area contributed by atoms with Gasteiger partial charge in [0.05, 0.1) is 0 Å². The highest BCUT2D eigenvalue weighted by atomic mass is 32.1. The van der Waals surface area contributed by atoms with E-state index in [-0.39, 0.29) is 16.0 Å². The highest BCUT2D eigenvalue weighted by Crippen LogP contribution is 2.18. The van der Waals surface area contributed by atoms with Gasteiger partial charge in [-0.3, -0.25) is 5.10 Å². The van der Waals surface area contributed by atoms with Crippen LogP contribution in [0.15, 0.2) is 30.3 Å². The molecule has 0 fully saturated rings. The SMILES string of the molecule is O=C(O)c1cc(=S)[nH]nc1Nc1cccc(F)c1. The summed E-state index contributed by atoms with van der Waals surface area (Å²) in [4.78, 5) is 11.0. The Balaban J connectivity index is 2.40. The van der Waals surface area contributed by atoms with Gasteiger partial charge >= 0.3 is 5.97 Å². The van der Waals surface area contributed by atoms with Gasteiger partial charge in [0.15, 0.2) is 5.82 Å². The topological polar surface area (TPSA) is 78.0 Å². The molecule has 18 heavy (non-hydrogen) atoms. The minimum Gasteiger partial charge on any atom is -0.478 e. The van der Waals surface area contributed by atoms with Crippen molar-refractivity contribution in [2.24, 2.45) is 0 Å². The molecule has 0 saturated carbocycles. The summed E-state index contributed by atoms with van der Waals surface area (Å²) in [5.74, 6) is -1.52. The summed E-state index contributed by atoms with van der Waals surface area (Å²) in [5, 5.41) is 18.0. The Labute approximate surface area is 106 Å². The van der Waals surface area contributed by atoms with E-state index in [1.54, 1.807) is 6.07 Å². The average molecular weight is 265 g/mol. The molecule has 0 spiro atoms. The molecule has 0 aliphatic heterocycles. The van der Waals surface area contributed by atoms with Crippen molar-refractivity contribution in [2.45, 2.75) is 0 Å². The molecule has 2 rings (SSSR count). The van der Waals surface area contributed by atoms with Crippen LogP contribution >= 0.6 is 12.2 Å². The molecule has 1 heterocycles. The Morgan fingerprint density at radius 1 is 1.44 bits per heavy atom. The molecule has 0 radical (unpaired) electrons. The number of carboxylic acid groups (broad SMARTS) is 1. The molecule has 0 aliphatic carbocycles. The Hall–Kier alpha value is -2.28. The summed E-state index contributed by atoms with van der Waals surface area (Å²) in [5.41, 5.74) is 0.318. The van der Waals surface area contributed by atoms with Gasteiger partial charge in [-0.2, -0.15) is 5.10 Å². The maximum absolute atomic E-state index is 13.0. The molecule has 0 aliphatic rings. The number of halogens is 1. The second-order valence-corrected chi connectivity index (χ2v) is 3.87. The lowest BCUT2D eigenvalue weighted by atomic mass is 10.2. The zero-order valence-electron chi connectivity index (χ0n) is 8.98. The van der Waals surface area contributed by atoms with Crippen LogP contribution in [0.25, 0.3) is 0 Å². The number of benzene rings is 1. The molecule has 3 N–H and O–H groups in total. The van der Waals surface area contributed by atoms with Crippen LogP contribution in [0.4, 0.5) is 15.9 Å². The zero-order chi connectivity index (χ0) is 13.1. The van der Waals surface area contributed by atoms with Gasteiger partial charge in [0.2, 0.25) is 0 Å². The number of anilines is 2. The number of aromatic carboxylic acids is 1.